The molecule has 2 unspecified atom stereocenters. The number of hydrogen-bond donors (Lipinski definition) is 2. The zero-order valence-electron chi connectivity index (χ0n) is 15.5. The van der Waals surface area contributed by atoms with Gasteiger partial charge in [-0.05, 0) is 38.5 Å². The summed E-state index contributed by atoms with van der Waals surface area (Å²) in [4.78, 5) is 25.9. The Kier molecular flexibility index (Phi) is 6.12. The molecule has 1 aliphatic heterocycles. The minimum atomic E-state index is -0.286. The van der Waals surface area contributed by atoms with Crippen LogP contribution in [-0.2, 0) is 4.79 Å². The fourth-order valence-corrected chi connectivity index (χ4v) is 2.96. The van der Waals surface area contributed by atoms with Crippen LogP contribution in [0.3, 0.4) is 0 Å². The van der Waals surface area contributed by atoms with Crippen molar-refractivity contribution < 1.29 is 19.1 Å². The number of hydrogen-bond acceptors (Lipinski definition) is 4. The van der Waals surface area contributed by atoms with E-state index in [1.807, 2.05) is 32.9 Å². The first-order valence-electron chi connectivity index (χ1n) is 8.44. The number of urea groups is 1. The lowest BCUT2D eigenvalue weighted by Crippen LogP contribution is -2.44. The van der Waals surface area contributed by atoms with Crippen molar-refractivity contribution in [3.05, 3.63) is 23.8 Å². The van der Waals surface area contributed by atoms with E-state index in [1.165, 1.54) is 0 Å². The van der Waals surface area contributed by atoms with E-state index in [0.717, 1.165) is 5.56 Å². The number of benzene rings is 1. The highest BCUT2D eigenvalue weighted by atomic mass is 16.5. The molecule has 1 aromatic rings. The van der Waals surface area contributed by atoms with Crippen molar-refractivity contribution >= 4 is 11.9 Å². The molecule has 7 heteroatoms. The number of nitrogens with one attached hydrogen (secondary N) is 2. The number of methoxy groups -OCH3 is 2. The van der Waals surface area contributed by atoms with Crippen molar-refractivity contribution in [2.45, 2.75) is 45.3 Å². The summed E-state index contributed by atoms with van der Waals surface area (Å²) in [5, 5.41) is 5.77. The first-order chi connectivity index (χ1) is 11.8. The summed E-state index contributed by atoms with van der Waals surface area (Å²) < 4.78 is 10.5. The third kappa shape index (κ3) is 4.55. The van der Waals surface area contributed by atoms with Crippen LogP contribution in [0.4, 0.5) is 4.79 Å². The Morgan fingerprint density at radius 2 is 1.88 bits per heavy atom. The van der Waals surface area contributed by atoms with Crippen molar-refractivity contribution in [2.75, 3.05) is 20.8 Å². The van der Waals surface area contributed by atoms with Gasteiger partial charge in [0.25, 0.3) is 0 Å². The highest BCUT2D eigenvalue weighted by Gasteiger charge is 2.32. The first kappa shape index (κ1) is 18.9. The lowest BCUT2D eigenvalue weighted by Gasteiger charge is -2.22. The lowest BCUT2D eigenvalue weighted by molar-refractivity contribution is -0.129. The summed E-state index contributed by atoms with van der Waals surface area (Å²) in [6.45, 7) is 6.38. The minimum Gasteiger partial charge on any atom is -0.493 e. The van der Waals surface area contributed by atoms with Gasteiger partial charge in [-0.2, -0.15) is 0 Å². The smallest absolute Gasteiger partial charge is 0.315 e. The molecule has 0 radical (unpaired) electrons. The Morgan fingerprint density at radius 3 is 2.44 bits per heavy atom. The van der Waals surface area contributed by atoms with Crippen molar-refractivity contribution in [1.29, 1.82) is 0 Å². The number of carbonyl (C=O) groups excluding carboxylic acids is 2. The van der Waals surface area contributed by atoms with Gasteiger partial charge in [0.15, 0.2) is 11.5 Å². The van der Waals surface area contributed by atoms with Crippen LogP contribution in [0.2, 0.25) is 0 Å². The highest BCUT2D eigenvalue weighted by Crippen LogP contribution is 2.29. The molecule has 1 heterocycles. The minimum absolute atomic E-state index is 0.0771. The third-order valence-electron chi connectivity index (χ3n) is 4.37. The zero-order chi connectivity index (χ0) is 18.6. The topological polar surface area (TPSA) is 79.9 Å². The van der Waals surface area contributed by atoms with Crippen LogP contribution >= 0.6 is 0 Å². The number of nitrogens with zero attached hydrogens (tertiary/aromatic N) is 1. The molecule has 138 valence electrons. The Hall–Kier alpha value is -2.44. The van der Waals surface area contributed by atoms with E-state index < -0.39 is 0 Å². The summed E-state index contributed by atoms with van der Waals surface area (Å²) in [6, 6.07) is 5.01. The van der Waals surface area contributed by atoms with Gasteiger partial charge in [0.05, 0.1) is 26.3 Å². The van der Waals surface area contributed by atoms with Crippen molar-refractivity contribution in [3.63, 3.8) is 0 Å². The summed E-state index contributed by atoms with van der Waals surface area (Å²) in [7, 11) is 3.15. The van der Waals surface area contributed by atoms with E-state index in [-0.39, 0.29) is 30.1 Å². The van der Waals surface area contributed by atoms with Crippen LogP contribution in [0.1, 0.15) is 38.8 Å². The van der Waals surface area contributed by atoms with Crippen LogP contribution in [0.25, 0.3) is 0 Å². The summed E-state index contributed by atoms with van der Waals surface area (Å²) in [6.07, 6.45) is 0.344. The number of likely N-dealkylation sites (tertiary alicyclic amines) is 1. The fraction of sp³-hybridized carbons (Fsp3) is 0.556. The second-order valence-corrected chi connectivity index (χ2v) is 6.49. The van der Waals surface area contributed by atoms with E-state index >= 15 is 0 Å². The molecule has 1 aliphatic rings. The average Bonchev–Trinajstić information content (AvgIpc) is 2.94. The second kappa shape index (κ2) is 8.09. The molecule has 2 atom stereocenters. The predicted octanol–water partition coefficient (Wildman–Crippen LogP) is 2.07. The zero-order valence-corrected chi connectivity index (χ0v) is 15.5. The maximum Gasteiger partial charge on any atom is 0.315 e. The monoisotopic (exact) mass is 349 g/mol. The molecular formula is C18H27N3O4. The van der Waals surface area contributed by atoms with Gasteiger partial charge in [-0.15, -0.1) is 0 Å². The first-order valence-corrected chi connectivity index (χ1v) is 8.44. The normalized spacial score (nSPS) is 18.2. The molecule has 0 spiro atoms. The maximum atomic E-state index is 12.2. The number of rotatable bonds is 6. The molecule has 0 aliphatic carbocycles. The van der Waals surface area contributed by atoms with E-state index in [1.54, 1.807) is 25.2 Å². The van der Waals surface area contributed by atoms with Gasteiger partial charge in [-0.3, -0.25) is 4.79 Å². The van der Waals surface area contributed by atoms with Crippen molar-refractivity contribution in [3.8, 4) is 11.5 Å². The van der Waals surface area contributed by atoms with Crippen LogP contribution in [0.5, 0.6) is 11.5 Å². The van der Waals surface area contributed by atoms with Gasteiger partial charge in [0.2, 0.25) is 5.91 Å². The molecule has 1 fully saturated rings. The summed E-state index contributed by atoms with van der Waals surface area (Å²) >= 11 is 0. The van der Waals surface area contributed by atoms with Crippen molar-refractivity contribution in [2.24, 2.45) is 0 Å². The molecule has 0 saturated carbocycles. The van der Waals surface area contributed by atoms with Gasteiger partial charge in [-0.25, -0.2) is 4.79 Å². The van der Waals surface area contributed by atoms with Gasteiger partial charge < -0.3 is 25.0 Å². The van der Waals surface area contributed by atoms with E-state index in [9.17, 15) is 9.59 Å². The Labute approximate surface area is 148 Å². The predicted molar refractivity (Wildman–Crippen MR) is 94.9 cm³/mol. The summed E-state index contributed by atoms with van der Waals surface area (Å²) in [5.74, 6) is 1.33. The molecule has 25 heavy (non-hydrogen) atoms. The molecule has 3 amide bonds. The summed E-state index contributed by atoms with van der Waals surface area (Å²) in [5.41, 5.74) is 0.902. The molecule has 2 N–H and O–H groups in total. The Balaban J connectivity index is 1.93. The number of amides is 3. The average molecular weight is 349 g/mol. The van der Waals surface area contributed by atoms with E-state index in [2.05, 4.69) is 10.6 Å². The van der Waals surface area contributed by atoms with Crippen LogP contribution in [0.15, 0.2) is 18.2 Å². The standard InChI is InChI=1S/C18H27N3O4/c1-11(2)21-10-14(9-17(21)22)20-18(23)19-12(3)13-6-7-15(24-4)16(8-13)25-5/h6-8,11-12,14H,9-10H2,1-5H3,(H2,19,20,23). The van der Waals surface area contributed by atoms with Crippen LogP contribution in [-0.4, -0.2) is 49.7 Å². The van der Waals surface area contributed by atoms with Gasteiger partial charge in [0.1, 0.15) is 0 Å². The molecule has 0 aromatic heterocycles. The van der Waals surface area contributed by atoms with Gasteiger partial charge >= 0.3 is 6.03 Å². The fourth-order valence-electron chi connectivity index (χ4n) is 2.96. The van der Waals surface area contributed by atoms with E-state index in [4.69, 9.17) is 9.47 Å². The molecule has 0 bridgehead atoms. The lowest BCUT2D eigenvalue weighted by atomic mass is 10.1. The molecule has 7 nitrogen and oxygen atoms in total. The largest absolute Gasteiger partial charge is 0.493 e. The molecule has 1 aromatic carbocycles. The van der Waals surface area contributed by atoms with Crippen LogP contribution in [0, 0.1) is 0 Å². The number of carbonyl (C=O) groups is 2. The third-order valence-corrected chi connectivity index (χ3v) is 4.37. The van der Waals surface area contributed by atoms with Gasteiger partial charge in [-0.1, -0.05) is 6.07 Å². The van der Waals surface area contributed by atoms with Gasteiger partial charge in [0, 0.05) is 19.0 Å². The molecule has 2 rings (SSSR count). The quantitative estimate of drug-likeness (QED) is 0.824. The molecule has 1 saturated heterocycles. The molecular weight excluding hydrogens is 322 g/mol. The number of ether oxygens (including phenoxy) is 2. The SMILES string of the molecule is COc1ccc(C(C)NC(=O)NC2CC(=O)N(C(C)C)C2)cc1OC. The Bertz CT molecular complexity index is 633. The Morgan fingerprint density at radius 1 is 1.20 bits per heavy atom. The maximum absolute atomic E-state index is 12.2. The second-order valence-electron chi connectivity index (χ2n) is 6.49. The highest BCUT2D eigenvalue weighted by molar-refractivity contribution is 5.82. The van der Waals surface area contributed by atoms with Crippen LogP contribution < -0.4 is 20.1 Å². The van der Waals surface area contributed by atoms with Crippen molar-refractivity contribution in [1.82, 2.24) is 15.5 Å². The van der Waals surface area contributed by atoms with E-state index in [0.29, 0.717) is 24.5 Å².